The fourth-order valence-corrected chi connectivity index (χ4v) is 4.01. The van der Waals surface area contributed by atoms with Gasteiger partial charge >= 0.3 is 24.3 Å². The fourth-order valence-electron chi connectivity index (χ4n) is 4.01. The van der Waals surface area contributed by atoms with E-state index in [0.29, 0.717) is 19.3 Å². The van der Waals surface area contributed by atoms with Crippen LogP contribution in [0.5, 0.6) is 0 Å². The second kappa shape index (κ2) is 9.38. The molecule has 0 heterocycles. The monoisotopic (exact) mass is 432 g/mol. The lowest BCUT2D eigenvalue weighted by atomic mass is 9.74. The van der Waals surface area contributed by atoms with Crippen LogP contribution in [0.2, 0.25) is 0 Å². The minimum absolute atomic E-state index is 0.0685. The van der Waals surface area contributed by atoms with Gasteiger partial charge in [-0.3, -0.25) is 4.79 Å². The molecule has 10 heteroatoms. The number of esters is 2. The van der Waals surface area contributed by atoms with Gasteiger partial charge in [0, 0.05) is 5.57 Å². The van der Waals surface area contributed by atoms with Gasteiger partial charge in [-0.05, 0) is 50.4 Å². The van der Waals surface area contributed by atoms with Gasteiger partial charge in [-0.1, -0.05) is 13.0 Å². The van der Waals surface area contributed by atoms with E-state index in [4.69, 9.17) is 0 Å². The van der Waals surface area contributed by atoms with E-state index in [1.165, 1.54) is 14.2 Å². The van der Waals surface area contributed by atoms with E-state index in [-0.39, 0.29) is 17.9 Å². The number of methoxy groups -OCH3 is 2. The first-order valence-corrected chi connectivity index (χ1v) is 9.12. The Morgan fingerprint density at radius 2 is 1.52 bits per heavy atom. The molecule has 2 rings (SSSR count). The van der Waals surface area contributed by atoms with Crippen molar-refractivity contribution in [1.82, 2.24) is 0 Å². The third-order valence-electron chi connectivity index (χ3n) is 5.87. The lowest BCUT2D eigenvalue weighted by Gasteiger charge is -2.37. The van der Waals surface area contributed by atoms with Crippen LogP contribution in [-0.2, 0) is 19.1 Å². The third-order valence-corrected chi connectivity index (χ3v) is 5.87. The van der Waals surface area contributed by atoms with Crippen LogP contribution in [-0.4, -0.2) is 38.5 Å². The minimum Gasteiger partial charge on any atom is -0.469 e. The van der Waals surface area contributed by atoms with Crippen LogP contribution in [0.4, 0.5) is 26.3 Å². The van der Waals surface area contributed by atoms with Gasteiger partial charge in [0.05, 0.1) is 20.6 Å². The molecule has 0 radical (unpaired) electrons. The van der Waals surface area contributed by atoms with Crippen molar-refractivity contribution in [2.75, 3.05) is 14.2 Å². The second-order valence-electron chi connectivity index (χ2n) is 7.81. The van der Waals surface area contributed by atoms with Gasteiger partial charge in [-0.15, -0.1) is 0 Å². The van der Waals surface area contributed by atoms with E-state index < -0.39 is 42.0 Å². The Bertz CT molecular complexity index is 597. The van der Waals surface area contributed by atoms with E-state index in [1.54, 1.807) is 0 Å². The first kappa shape index (κ1) is 25.3. The molecule has 3 unspecified atom stereocenters. The first-order chi connectivity index (χ1) is 13.2. The number of halogens is 6. The molecule has 0 aromatic carbocycles. The SMILES string of the molecule is C=C(CC(=O)OC)C(=O)OC.CC(CC1CC2CCC1C2)(C(F)(F)F)C(F)(F)F. The van der Waals surface area contributed by atoms with E-state index in [1.807, 2.05) is 0 Å². The van der Waals surface area contributed by atoms with E-state index in [2.05, 4.69) is 16.1 Å². The first-order valence-electron chi connectivity index (χ1n) is 9.12. The number of hydrogen-bond donors (Lipinski definition) is 0. The highest BCUT2D eigenvalue weighted by Gasteiger charge is 2.68. The van der Waals surface area contributed by atoms with Crippen molar-refractivity contribution in [2.45, 2.75) is 57.8 Å². The van der Waals surface area contributed by atoms with E-state index in [0.717, 1.165) is 19.3 Å². The standard InChI is InChI=1S/C12H16F6.C7H10O4/c1-10(11(13,14)15,12(16,17)18)6-9-5-7-2-3-8(9)4-7;1-5(7(9)11-3)4-6(8)10-2/h7-9H,2-6H2,1H3;1,4H2,2-3H3. The van der Waals surface area contributed by atoms with Crippen molar-refractivity contribution in [2.24, 2.45) is 23.2 Å². The molecule has 0 N–H and O–H groups in total. The zero-order chi connectivity index (χ0) is 22.6. The quantitative estimate of drug-likeness (QED) is 0.340. The Labute approximate surface area is 165 Å². The molecule has 168 valence electrons. The van der Waals surface area contributed by atoms with Crippen molar-refractivity contribution in [3.05, 3.63) is 12.2 Å². The summed E-state index contributed by atoms with van der Waals surface area (Å²) in [5, 5.41) is 0. The molecule has 2 bridgehead atoms. The molecule has 2 saturated carbocycles. The zero-order valence-electron chi connectivity index (χ0n) is 16.6. The van der Waals surface area contributed by atoms with Gasteiger partial charge in [-0.2, -0.15) is 26.3 Å². The molecule has 2 aliphatic rings. The zero-order valence-corrected chi connectivity index (χ0v) is 16.6. The van der Waals surface area contributed by atoms with E-state index >= 15 is 0 Å². The van der Waals surface area contributed by atoms with Gasteiger partial charge < -0.3 is 9.47 Å². The van der Waals surface area contributed by atoms with Gasteiger partial charge in [0.25, 0.3) is 0 Å². The molecule has 29 heavy (non-hydrogen) atoms. The average Bonchev–Trinajstić information content (AvgIpc) is 3.22. The van der Waals surface area contributed by atoms with Crippen molar-refractivity contribution in [3.8, 4) is 0 Å². The van der Waals surface area contributed by atoms with Gasteiger partial charge in [0.15, 0.2) is 5.41 Å². The highest BCUT2D eigenvalue weighted by atomic mass is 19.4. The summed E-state index contributed by atoms with van der Waals surface area (Å²) in [6.45, 7) is 3.64. The number of rotatable bonds is 5. The van der Waals surface area contributed by atoms with Crippen molar-refractivity contribution < 1.29 is 45.4 Å². The molecule has 2 fully saturated rings. The van der Waals surface area contributed by atoms with Crippen LogP contribution in [0.25, 0.3) is 0 Å². The van der Waals surface area contributed by atoms with Gasteiger partial charge in [0.2, 0.25) is 0 Å². The molecule has 2 aliphatic carbocycles. The van der Waals surface area contributed by atoms with Crippen LogP contribution in [0.1, 0.15) is 45.4 Å². The Morgan fingerprint density at radius 3 is 1.86 bits per heavy atom. The van der Waals surface area contributed by atoms with Crippen molar-refractivity contribution >= 4 is 11.9 Å². The largest absolute Gasteiger partial charge is 0.469 e. The molecular formula is C19H26F6O4. The number of ether oxygens (including phenoxy) is 2. The number of fused-ring (bicyclic) bond motifs is 2. The summed E-state index contributed by atoms with van der Waals surface area (Å²) in [7, 11) is 2.47. The van der Waals surface area contributed by atoms with Crippen LogP contribution in [0.3, 0.4) is 0 Å². The molecule has 4 nitrogen and oxygen atoms in total. The highest BCUT2D eigenvalue weighted by Crippen LogP contribution is 2.59. The smallest absolute Gasteiger partial charge is 0.402 e. The average molecular weight is 432 g/mol. The summed E-state index contributed by atoms with van der Waals surface area (Å²) in [4.78, 5) is 21.2. The maximum atomic E-state index is 12.8. The topological polar surface area (TPSA) is 52.6 Å². The van der Waals surface area contributed by atoms with Gasteiger partial charge in [-0.25, -0.2) is 4.79 Å². The molecule has 0 aromatic heterocycles. The lowest BCUT2D eigenvalue weighted by Crippen LogP contribution is -2.49. The summed E-state index contributed by atoms with van der Waals surface area (Å²) in [5.74, 6) is -1.09. The maximum Gasteiger partial charge on any atom is 0.402 e. The van der Waals surface area contributed by atoms with E-state index in [9.17, 15) is 35.9 Å². The summed E-state index contributed by atoms with van der Waals surface area (Å²) in [6, 6.07) is 0. The van der Waals surface area contributed by atoms with Crippen molar-refractivity contribution in [3.63, 3.8) is 0 Å². The number of alkyl halides is 6. The summed E-state index contributed by atoms with van der Waals surface area (Å²) in [5.41, 5.74) is -3.46. The Kier molecular flexibility index (Phi) is 8.18. The lowest BCUT2D eigenvalue weighted by molar-refractivity contribution is -0.340. The predicted molar refractivity (Wildman–Crippen MR) is 91.6 cm³/mol. The molecular weight excluding hydrogens is 406 g/mol. The van der Waals surface area contributed by atoms with Crippen molar-refractivity contribution in [1.29, 1.82) is 0 Å². The molecule has 0 saturated heterocycles. The minimum atomic E-state index is -5.23. The molecule has 3 atom stereocenters. The number of hydrogen-bond acceptors (Lipinski definition) is 4. The predicted octanol–water partition coefficient (Wildman–Crippen LogP) is 5.22. The highest BCUT2D eigenvalue weighted by molar-refractivity contribution is 5.93. The van der Waals surface area contributed by atoms with Gasteiger partial charge in [0.1, 0.15) is 0 Å². The Morgan fingerprint density at radius 1 is 0.966 bits per heavy atom. The fraction of sp³-hybridized carbons (Fsp3) is 0.789. The molecule has 0 aliphatic heterocycles. The van der Waals surface area contributed by atoms with Crippen LogP contribution in [0.15, 0.2) is 12.2 Å². The summed E-state index contributed by atoms with van der Waals surface area (Å²) < 4.78 is 85.3. The maximum absolute atomic E-state index is 12.8. The molecule has 0 amide bonds. The third kappa shape index (κ3) is 6.12. The normalized spacial score (nSPS) is 23.8. The number of carbonyl (C=O) groups is 2. The molecule has 0 aromatic rings. The van der Waals surface area contributed by atoms with Crippen LogP contribution in [0, 0.1) is 23.2 Å². The second-order valence-corrected chi connectivity index (χ2v) is 7.81. The number of carbonyl (C=O) groups excluding carboxylic acids is 2. The Hall–Kier alpha value is -1.74. The summed E-state index contributed by atoms with van der Waals surface area (Å²) in [6.07, 6.45) is -8.27. The summed E-state index contributed by atoms with van der Waals surface area (Å²) >= 11 is 0. The van der Waals surface area contributed by atoms with Crippen LogP contribution < -0.4 is 0 Å². The molecule has 0 spiro atoms. The Balaban J connectivity index is 0.000000331. The van der Waals surface area contributed by atoms with Crippen LogP contribution >= 0.6 is 0 Å².